The lowest BCUT2D eigenvalue weighted by atomic mass is 9.96. The molecule has 1 aromatic rings. The van der Waals surface area contributed by atoms with E-state index in [4.69, 9.17) is 11.6 Å². The van der Waals surface area contributed by atoms with Gasteiger partial charge in [-0.1, -0.05) is 30.5 Å². The number of halogens is 1. The molecule has 0 saturated heterocycles. The van der Waals surface area contributed by atoms with Crippen molar-refractivity contribution in [3.8, 4) is 0 Å². The topological polar surface area (TPSA) is 46.2 Å². The fourth-order valence-electron chi connectivity index (χ4n) is 2.20. The van der Waals surface area contributed by atoms with Crippen LogP contribution in [0, 0.1) is 6.92 Å². The summed E-state index contributed by atoms with van der Waals surface area (Å²) < 4.78 is 27.1. The minimum absolute atomic E-state index is 0.0982. The zero-order valence-corrected chi connectivity index (χ0v) is 12.0. The highest BCUT2D eigenvalue weighted by Gasteiger charge is 2.27. The predicted molar refractivity (Wildman–Crippen MR) is 73.4 cm³/mol. The molecule has 2 rings (SSSR count). The normalized spacial score (nSPS) is 25.0. The molecule has 0 aliphatic heterocycles. The zero-order valence-electron chi connectivity index (χ0n) is 10.4. The molecular formula is C13H18ClNO2S. The summed E-state index contributed by atoms with van der Waals surface area (Å²) in [5, 5.41) is -0.0982. The van der Waals surface area contributed by atoms with E-state index in [1.807, 2.05) is 6.92 Å². The van der Waals surface area contributed by atoms with Crippen LogP contribution in [0.25, 0.3) is 0 Å². The van der Waals surface area contributed by atoms with Crippen LogP contribution in [0.5, 0.6) is 0 Å². The quantitative estimate of drug-likeness (QED) is 0.869. The predicted octanol–water partition coefficient (Wildman–Crippen LogP) is 2.82. The van der Waals surface area contributed by atoms with Gasteiger partial charge in [0, 0.05) is 11.4 Å². The van der Waals surface area contributed by atoms with E-state index in [9.17, 15) is 8.42 Å². The van der Waals surface area contributed by atoms with Crippen molar-refractivity contribution in [3.05, 3.63) is 29.8 Å². The van der Waals surface area contributed by atoms with Crippen LogP contribution in [0.1, 0.15) is 31.2 Å². The lowest BCUT2D eigenvalue weighted by Gasteiger charge is -2.27. The van der Waals surface area contributed by atoms with Crippen LogP contribution in [0.4, 0.5) is 0 Å². The number of hydrogen-bond donors (Lipinski definition) is 1. The van der Waals surface area contributed by atoms with Gasteiger partial charge in [0.05, 0.1) is 4.90 Å². The Morgan fingerprint density at radius 3 is 2.39 bits per heavy atom. The van der Waals surface area contributed by atoms with E-state index in [1.165, 1.54) is 0 Å². The summed E-state index contributed by atoms with van der Waals surface area (Å²) >= 11 is 6.17. The van der Waals surface area contributed by atoms with Crippen molar-refractivity contribution in [1.29, 1.82) is 0 Å². The average Bonchev–Trinajstić information content (AvgIpc) is 2.32. The first-order chi connectivity index (χ1) is 8.49. The highest BCUT2D eigenvalue weighted by molar-refractivity contribution is 7.89. The van der Waals surface area contributed by atoms with E-state index in [0.717, 1.165) is 31.2 Å². The molecule has 0 unspecified atom stereocenters. The van der Waals surface area contributed by atoms with E-state index < -0.39 is 10.0 Å². The van der Waals surface area contributed by atoms with Crippen molar-refractivity contribution in [3.63, 3.8) is 0 Å². The monoisotopic (exact) mass is 287 g/mol. The van der Waals surface area contributed by atoms with E-state index in [1.54, 1.807) is 24.3 Å². The van der Waals surface area contributed by atoms with E-state index in [-0.39, 0.29) is 11.4 Å². The highest BCUT2D eigenvalue weighted by atomic mass is 35.5. The Hall–Kier alpha value is -0.580. The number of hydrogen-bond acceptors (Lipinski definition) is 2. The summed E-state index contributed by atoms with van der Waals surface area (Å²) in [6, 6.07) is 6.71. The second kappa shape index (κ2) is 5.59. The van der Waals surface area contributed by atoms with Gasteiger partial charge in [0.1, 0.15) is 0 Å². The van der Waals surface area contributed by atoms with Crippen molar-refractivity contribution < 1.29 is 8.42 Å². The Morgan fingerprint density at radius 2 is 1.78 bits per heavy atom. The first kappa shape index (κ1) is 13.8. The summed E-state index contributed by atoms with van der Waals surface area (Å²) in [6.07, 6.45) is 3.81. The standard InChI is InChI=1S/C13H18ClNO2S/c1-10-6-8-11(9-7-10)18(16,17)15-13-5-3-2-4-12(13)14/h6-9,12-13,15H,2-5H2,1H3/t12-,13-/m0/s1. The van der Waals surface area contributed by atoms with E-state index >= 15 is 0 Å². The third-order valence-electron chi connectivity index (χ3n) is 3.32. The van der Waals surface area contributed by atoms with Gasteiger partial charge in [-0.05, 0) is 31.9 Å². The van der Waals surface area contributed by atoms with E-state index in [2.05, 4.69) is 4.72 Å². The third kappa shape index (κ3) is 3.25. The zero-order chi connectivity index (χ0) is 13.2. The fourth-order valence-corrected chi connectivity index (χ4v) is 3.93. The Labute approximate surface area is 114 Å². The third-order valence-corrected chi connectivity index (χ3v) is 5.35. The molecule has 1 aliphatic carbocycles. The van der Waals surface area contributed by atoms with Crippen LogP contribution < -0.4 is 4.72 Å². The first-order valence-electron chi connectivity index (χ1n) is 6.22. The van der Waals surface area contributed by atoms with Crippen LogP contribution in [-0.2, 0) is 10.0 Å². The van der Waals surface area contributed by atoms with Crippen molar-refractivity contribution in [2.45, 2.75) is 48.9 Å². The maximum atomic E-state index is 12.2. The van der Waals surface area contributed by atoms with Gasteiger partial charge >= 0.3 is 0 Å². The largest absolute Gasteiger partial charge is 0.240 e. The first-order valence-corrected chi connectivity index (χ1v) is 8.14. The number of sulfonamides is 1. The number of nitrogens with one attached hydrogen (secondary N) is 1. The molecular weight excluding hydrogens is 270 g/mol. The van der Waals surface area contributed by atoms with Gasteiger partial charge in [0.15, 0.2) is 0 Å². The van der Waals surface area contributed by atoms with Crippen LogP contribution in [0.2, 0.25) is 0 Å². The minimum atomic E-state index is -3.44. The highest BCUT2D eigenvalue weighted by Crippen LogP contribution is 2.24. The van der Waals surface area contributed by atoms with Crippen LogP contribution >= 0.6 is 11.6 Å². The summed E-state index contributed by atoms with van der Waals surface area (Å²) in [5.41, 5.74) is 1.04. The lowest BCUT2D eigenvalue weighted by Crippen LogP contribution is -2.42. The molecule has 1 N–H and O–H groups in total. The van der Waals surface area contributed by atoms with Gasteiger partial charge in [0.25, 0.3) is 0 Å². The molecule has 1 saturated carbocycles. The van der Waals surface area contributed by atoms with Crippen molar-refractivity contribution in [1.82, 2.24) is 4.72 Å². The molecule has 0 spiro atoms. The Kier molecular flexibility index (Phi) is 4.30. The Bertz CT molecular complexity index is 498. The molecule has 100 valence electrons. The van der Waals surface area contributed by atoms with Gasteiger partial charge in [0.2, 0.25) is 10.0 Å². The number of rotatable bonds is 3. The van der Waals surface area contributed by atoms with Gasteiger partial charge in [-0.3, -0.25) is 0 Å². The molecule has 0 radical (unpaired) electrons. The molecule has 1 aromatic carbocycles. The maximum absolute atomic E-state index is 12.2. The van der Waals surface area contributed by atoms with Gasteiger partial charge in [-0.15, -0.1) is 11.6 Å². The second-order valence-corrected chi connectivity index (χ2v) is 7.12. The van der Waals surface area contributed by atoms with Crippen LogP contribution in [-0.4, -0.2) is 19.8 Å². The number of benzene rings is 1. The number of alkyl halides is 1. The van der Waals surface area contributed by atoms with Crippen molar-refractivity contribution >= 4 is 21.6 Å². The minimum Gasteiger partial charge on any atom is -0.207 e. The van der Waals surface area contributed by atoms with Gasteiger partial charge < -0.3 is 0 Å². The van der Waals surface area contributed by atoms with Gasteiger partial charge in [-0.2, -0.15) is 0 Å². The molecule has 0 amide bonds. The molecule has 18 heavy (non-hydrogen) atoms. The molecule has 3 nitrogen and oxygen atoms in total. The molecule has 0 aromatic heterocycles. The summed E-state index contributed by atoms with van der Waals surface area (Å²) in [5.74, 6) is 0. The second-order valence-electron chi connectivity index (χ2n) is 4.84. The Balaban J connectivity index is 2.13. The number of aryl methyl sites for hydroxylation is 1. The average molecular weight is 288 g/mol. The van der Waals surface area contributed by atoms with Crippen molar-refractivity contribution in [2.24, 2.45) is 0 Å². The Morgan fingerprint density at radius 1 is 1.17 bits per heavy atom. The maximum Gasteiger partial charge on any atom is 0.240 e. The summed E-state index contributed by atoms with van der Waals surface area (Å²) in [7, 11) is -3.44. The van der Waals surface area contributed by atoms with Crippen molar-refractivity contribution in [2.75, 3.05) is 0 Å². The molecule has 1 aliphatic rings. The lowest BCUT2D eigenvalue weighted by molar-refractivity contribution is 0.418. The summed E-state index contributed by atoms with van der Waals surface area (Å²) in [6.45, 7) is 1.93. The molecule has 1 fully saturated rings. The van der Waals surface area contributed by atoms with Crippen LogP contribution in [0.15, 0.2) is 29.2 Å². The SMILES string of the molecule is Cc1ccc(S(=O)(=O)N[C@H]2CCCC[C@@H]2Cl)cc1. The smallest absolute Gasteiger partial charge is 0.207 e. The molecule has 2 atom stereocenters. The molecule has 5 heteroatoms. The fraction of sp³-hybridized carbons (Fsp3) is 0.538. The summed E-state index contributed by atoms with van der Waals surface area (Å²) in [4.78, 5) is 0.308. The molecule has 0 heterocycles. The van der Waals surface area contributed by atoms with E-state index in [0.29, 0.717) is 4.90 Å². The van der Waals surface area contributed by atoms with Crippen LogP contribution in [0.3, 0.4) is 0 Å². The van der Waals surface area contributed by atoms with Gasteiger partial charge in [-0.25, -0.2) is 13.1 Å². The molecule has 0 bridgehead atoms.